The van der Waals surface area contributed by atoms with Gasteiger partial charge in [-0.15, -0.1) is 0 Å². The van der Waals surface area contributed by atoms with E-state index in [9.17, 15) is 14.4 Å². The number of imide groups is 1. The van der Waals surface area contributed by atoms with Crippen molar-refractivity contribution in [1.29, 1.82) is 0 Å². The lowest BCUT2D eigenvalue weighted by Gasteiger charge is -2.19. The van der Waals surface area contributed by atoms with Gasteiger partial charge in [0.25, 0.3) is 5.91 Å². The molecular weight excluding hydrogens is 308 g/mol. The topological polar surface area (TPSA) is 81.8 Å². The Morgan fingerprint density at radius 2 is 1.92 bits per heavy atom. The molecule has 0 atom stereocenters. The molecule has 7 heteroatoms. The molecule has 1 aromatic rings. The number of rotatable bonds is 7. The summed E-state index contributed by atoms with van der Waals surface area (Å²) in [5.41, 5.74) is 0.167. The Labute approximate surface area is 142 Å². The highest BCUT2D eigenvalue weighted by Gasteiger charge is 2.44. The van der Waals surface area contributed by atoms with Gasteiger partial charge in [0.15, 0.2) is 0 Å². The Bertz CT molecular complexity index is 616. The number of hydrogen-bond acceptors (Lipinski definition) is 4. The summed E-state index contributed by atoms with van der Waals surface area (Å²) in [5.74, 6) is -0.718. The zero-order valence-electron chi connectivity index (χ0n) is 14.3. The number of para-hydroxylation sites is 1. The average molecular weight is 332 g/mol. The van der Waals surface area contributed by atoms with Crippen LogP contribution in [-0.2, 0) is 9.59 Å². The summed E-state index contributed by atoms with van der Waals surface area (Å²) in [7, 11) is 1.99. The molecule has 2 rings (SSSR count). The molecular formula is C17H24N4O3. The van der Waals surface area contributed by atoms with Crippen LogP contribution in [-0.4, -0.2) is 55.0 Å². The highest BCUT2D eigenvalue weighted by Crippen LogP contribution is 2.16. The molecule has 0 unspecified atom stereocenters. The Balaban J connectivity index is 1.71. The monoisotopic (exact) mass is 332 g/mol. The molecule has 1 aromatic carbocycles. The summed E-state index contributed by atoms with van der Waals surface area (Å²) in [6.07, 6.45) is 0.767. The van der Waals surface area contributed by atoms with Crippen molar-refractivity contribution in [2.24, 2.45) is 0 Å². The van der Waals surface area contributed by atoms with E-state index >= 15 is 0 Å². The second-order valence-corrected chi connectivity index (χ2v) is 6.41. The second kappa shape index (κ2) is 7.33. The minimum Gasteiger partial charge on any atom is -0.375 e. The van der Waals surface area contributed by atoms with Crippen molar-refractivity contribution in [3.8, 4) is 0 Å². The Morgan fingerprint density at radius 3 is 2.50 bits per heavy atom. The lowest BCUT2D eigenvalue weighted by Crippen LogP contribution is -2.43. The number of carbonyl (C=O) groups is 3. The molecule has 0 radical (unpaired) electrons. The predicted molar refractivity (Wildman–Crippen MR) is 91.7 cm³/mol. The fourth-order valence-corrected chi connectivity index (χ4v) is 2.52. The molecule has 2 N–H and O–H groups in total. The van der Waals surface area contributed by atoms with Crippen molar-refractivity contribution in [1.82, 2.24) is 15.5 Å². The van der Waals surface area contributed by atoms with E-state index in [1.165, 1.54) is 0 Å². The fraction of sp³-hybridized carbons (Fsp3) is 0.471. The summed E-state index contributed by atoms with van der Waals surface area (Å²) in [6, 6.07) is 9.45. The van der Waals surface area contributed by atoms with Gasteiger partial charge >= 0.3 is 6.03 Å². The number of nitrogens with zero attached hydrogens (tertiary/aromatic N) is 2. The van der Waals surface area contributed by atoms with Crippen LogP contribution >= 0.6 is 0 Å². The molecule has 1 saturated heterocycles. The van der Waals surface area contributed by atoms with Crippen LogP contribution in [0.2, 0.25) is 0 Å². The van der Waals surface area contributed by atoms with E-state index in [-0.39, 0.29) is 18.4 Å². The second-order valence-electron chi connectivity index (χ2n) is 6.41. The summed E-state index contributed by atoms with van der Waals surface area (Å²) in [4.78, 5) is 38.7. The predicted octanol–water partition coefficient (Wildman–Crippen LogP) is 0.960. The Hall–Kier alpha value is -2.57. The molecule has 0 spiro atoms. The van der Waals surface area contributed by atoms with Crippen molar-refractivity contribution in [2.75, 3.05) is 31.6 Å². The smallest absolute Gasteiger partial charge is 0.325 e. The van der Waals surface area contributed by atoms with Crippen LogP contribution in [0.1, 0.15) is 20.3 Å². The molecule has 1 aliphatic rings. The van der Waals surface area contributed by atoms with Gasteiger partial charge in [0.2, 0.25) is 5.91 Å². The van der Waals surface area contributed by atoms with Gasteiger partial charge in [-0.3, -0.25) is 14.5 Å². The summed E-state index contributed by atoms with van der Waals surface area (Å²) in [5, 5.41) is 5.29. The van der Waals surface area contributed by atoms with E-state index in [0.29, 0.717) is 6.54 Å². The number of hydrogen-bond donors (Lipinski definition) is 2. The van der Waals surface area contributed by atoms with E-state index < -0.39 is 11.6 Å². The molecule has 1 fully saturated rings. The zero-order valence-corrected chi connectivity index (χ0v) is 14.3. The Morgan fingerprint density at radius 1 is 1.25 bits per heavy atom. The first-order chi connectivity index (χ1) is 11.3. The summed E-state index contributed by atoms with van der Waals surface area (Å²) in [6.45, 7) is 4.27. The number of nitrogens with one attached hydrogen (secondary N) is 2. The number of amides is 4. The Kier molecular flexibility index (Phi) is 5.43. The van der Waals surface area contributed by atoms with E-state index in [1.54, 1.807) is 13.8 Å². The first-order valence-corrected chi connectivity index (χ1v) is 7.98. The van der Waals surface area contributed by atoms with E-state index in [4.69, 9.17) is 0 Å². The molecule has 1 aliphatic heterocycles. The lowest BCUT2D eigenvalue weighted by atomic mass is 10.1. The van der Waals surface area contributed by atoms with Crippen LogP contribution in [0.5, 0.6) is 0 Å². The third kappa shape index (κ3) is 4.24. The average Bonchev–Trinajstić information content (AvgIpc) is 2.74. The van der Waals surface area contributed by atoms with E-state index in [0.717, 1.165) is 23.6 Å². The minimum absolute atomic E-state index is 0.247. The minimum atomic E-state index is -0.949. The van der Waals surface area contributed by atoms with Crippen LogP contribution in [0.3, 0.4) is 0 Å². The van der Waals surface area contributed by atoms with Crippen LogP contribution in [0, 0.1) is 0 Å². The van der Waals surface area contributed by atoms with Gasteiger partial charge in [-0.2, -0.15) is 0 Å². The van der Waals surface area contributed by atoms with Gasteiger partial charge < -0.3 is 15.5 Å². The molecule has 0 bridgehead atoms. The van der Waals surface area contributed by atoms with Gasteiger partial charge in [0.1, 0.15) is 12.1 Å². The van der Waals surface area contributed by atoms with Gasteiger partial charge in [-0.25, -0.2) is 4.79 Å². The third-order valence-corrected chi connectivity index (χ3v) is 3.94. The SMILES string of the molecule is CN(CCCNC(=O)CN1C(=O)NC(C)(C)C1=O)c1ccccc1. The van der Waals surface area contributed by atoms with Crippen molar-refractivity contribution < 1.29 is 14.4 Å². The lowest BCUT2D eigenvalue weighted by molar-refractivity contribution is -0.134. The molecule has 0 aliphatic carbocycles. The normalized spacial score (nSPS) is 16.0. The molecule has 130 valence electrons. The van der Waals surface area contributed by atoms with E-state index in [2.05, 4.69) is 15.5 Å². The molecule has 7 nitrogen and oxygen atoms in total. The maximum absolute atomic E-state index is 12.0. The third-order valence-electron chi connectivity index (χ3n) is 3.94. The van der Waals surface area contributed by atoms with Crippen LogP contribution in [0.25, 0.3) is 0 Å². The highest BCUT2D eigenvalue weighted by molar-refractivity contribution is 6.08. The van der Waals surface area contributed by atoms with Gasteiger partial charge in [0, 0.05) is 25.8 Å². The zero-order chi connectivity index (χ0) is 17.7. The molecule has 24 heavy (non-hydrogen) atoms. The van der Waals surface area contributed by atoms with Crippen LogP contribution in [0.4, 0.5) is 10.5 Å². The van der Waals surface area contributed by atoms with E-state index in [1.807, 2.05) is 37.4 Å². The van der Waals surface area contributed by atoms with Gasteiger partial charge in [-0.1, -0.05) is 18.2 Å². The first-order valence-electron chi connectivity index (χ1n) is 7.98. The maximum atomic E-state index is 12.0. The molecule has 4 amide bonds. The summed E-state index contributed by atoms with van der Waals surface area (Å²) >= 11 is 0. The quantitative estimate of drug-likeness (QED) is 0.576. The van der Waals surface area contributed by atoms with Crippen LogP contribution in [0.15, 0.2) is 30.3 Å². The van der Waals surface area contributed by atoms with Crippen molar-refractivity contribution >= 4 is 23.5 Å². The van der Waals surface area contributed by atoms with Crippen molar-refractivity contribution in [2.45, 2.75) is 25.8 Å². The standard InChI is InChI=1S/C17H24N4O3/c1-17(2)15(23)21(16(24)19-17)12-14(22)18-10-7-11-20(3)13-8-5-4-6-9-13/h4-6,8-9H,7,10-12H2,1-3H3,(H,18,22)(H,19,24). The highest BCUT2D eigenvalue weighted by atomic mass is 16.2. The van der Waals surface area contributed by atoms with Gasteiger partial charge in [-0.05, 0) is 32.4 Å². The van der Waals surface area contributed by atoms with Gasteiger partial charge in [0.05, 0.1) is 0 Å². The largest absolute Gasteiger partial charge is 0.375 e. The van der Waals surface area contributed by atoms with Crippen molar-refractivity contribution in [3.63, 3.8) is 0 Å². The number of carbonyl (C=O) groups excluding carboxylic acids is 3. The van der Waals surface area contributed by atoms with Crippen molar-refractivity contribution in [3.05, 3.63) is 30.3 Å². The number of benzene rings is 1. The molecule has 0 aromatic heterocycles. The van der Waals surface area contributed by atoms with Crippen LogP contribution < -0.4 is 15.5 Å². The first kappa shape index (κ1) is 17.8. The number of anilines is 1. The summed E-state index contributed by atoms with van der Waals surface area (Å²) < 4.78 is 0. The molecule has 0 saturated carbocycles. The maximum Gasteiger partial charge on any atom is 0.325 e. The fourth-order valence-electron chi connectivity index (χ4n) is 2.52. The molecule has 1 heterocycles. The number of urea groups is 1.